The van der Waals surface area contributed by atoms with Crippen molar-refractivity contribution in [1.82, 2.24) is 9.62 Å². The molecule has 1 atom stereocenters. The molecule has 1 saturated heterocycles. The molecule has 1 fully saturated rings. The molecule has 184 valence electrons. The molecule has 34 heavy (non-hydrogen) atoms. The number of carbonyl (C=O) groups is 1. The van der Waals surface area contributed by atoms with Crippen LogP contribution in [-0.2, 0) is 14.8 Å². The fraction of sp³-hybridized carbons (Fsp3) is 0.458. The number of hydrogen-bond acceptors (Lipinski definition) is 7. The number of aryl methyl sites for hydroxylation is 2. The van der Waals surface area contributed by atoms with Crippen LogP contribution in [0.1, 0.15) is 24.0 Å². The molecule has 0 aromatic heterocycles. The number of ether oxygens (including phenoxy) is 3. The van der Waals surface area contributed by atoms with E-state index in [0.717, 1.165) is 11.1 Å². The number of amides is 1. The van der Waals surface area contributed by atoms with E-state index in [-0.39, 0.29) is 44.9 Å². The highest BCUT2D eigenvalue weighted by atomic mass is 32.2. The van der Waals surface area contributed by atoms with Crippen LogP contribution in [0.15, 0.2) is 41.3 Å². The molecule has 9 nitrogen and oxygen atoms in total. The lowest BCUT2D eigenvalue weighted by Gasteiger charge is -2.31. The van der Waals surface area contributed by atoms with Crippen molar-refractivity contribution < 1.29 is 32.5 Å². The summed E-state index contributed by atoms with van der Waals surface area (Å²) in [5.41, 5.74) is 1.73. The summed E-state index contributed by atoms with van der Waals surface area (Å²) in [5, 5.41) is 12.9. The maximum Gasteiger partial charge on any atom is 0.243 e. The van der Waals surface area contributed by atoms with Gasteiger partial charge in [-0.3, -0.25) is 4.79 Å². The molecular weight excluding hydrogens is 460 g/mol. The second-order valence-electron chi connectivity index (χ2n) is 8.67. The van der Waals surface area contributed by atoms with Gasteiger partial charge in [-0.1, -0.05) is 17.7 Å². The van der Waals surface area contributed by atoms with Crippen molar-refractivity contribution >= 4 is 15.9 Å². The topological polar surface area (TPSA) is 114 Å². The average Bonchev–Trinajstić information content (AvgIpc) is 3.29. The van der Waals surface area contributed by atoms with E-state index in [4.69, 9.17) is 14.2 Å². The SMILES string of the molecule is Cc1ccc(S(=O)(=O)N2CCC(C(=O)NCC(O)COc3ccc4c(c3)OCO4)CC2)c(C)c1. The molecule has 2 aliphatic rings. The molecule has 0 bridgehead atoms. The predicted molar refractivity (Wildman–Crippen MR) is 124 cm³/mol. The van der Waals surface area contributed by atoms with Crippen LogP contribution in [-0.4, -0.2) is 62.9 Å². The summed E-state index contributed by atoms with van der Waals surface area (Å²) in [7, 11) is -3.59. The maximum atomic E-state index is 13.0. The van der Waals surface area contributed by atoms with E-state index in [0.29, 0.717) is 35.0 Å². The normalized spacial score (nSPS) is 17.4. The Labute approximate surface area is 199 Å². The molecule has 2 aromatic rings. The van der Waals surface area contributed by atoms with Crippen molar-refractivity contribution in [2.45, 2.75) is 37.7 Å². The van der Waals surface area contributed by atoms with E-state index in [9.17, 15) is 18.3 Å². The minimum absolute atomic E-state index is 0.00646. The fourth-order valence-electron chi connectivity index (χ4n) is 4.17. The Hall–Kier alpha value is -2.82. The predicted octanol–water partition coefficient (Wildman–Crippen LogP) is 1.99. The van der Waals surface area contributed by atoms with Gasteiger partial charge in [-0.2, -0.15) is 4.31 Å². The molecule has 1 amide bonds. The number of rotatable bonds is 8. The van der Waals surface area contributed by atoms with Crippen molar-refractivity contribution in [2.24, 2.45) is 5.92 Å². The van der Waals surface area contributed by atoms with Gasteiger partial charge in [0.1, 0.15) is 18.5 Å². The second-order valence-corrected chi connectivity index (χ2v) is 10.6. The van der Waals surface area contributed by atoms with Gasteiger partial charge in [-0.25, -0.2) is 8.42 Å². The first kappa shape index (κ1) is 24.3. The summed E-state index contributed by atoms with van der Waals surface area (Å²) in [6.45, 7) is 4.50. The van der Waals surface area contributed by atoms with Gasteiger partial charge >= 0.3 is 0 Å². The molecular formula is C24H30N2O7S. The van der Waals surface area contributed by atoms with Crippen LogP contribution in [0.3, 0.4) is 0 Å². The second kappa shape index (κ2) is 10.2. The highest BCUT2D eigenvalue weighted by molar-refractivity contribution is 7.89. The van der Waals surface area contributed by atoms with Crippen LogP contribution in [0, 0.1) is 19.8 Å². The third-order valence-electron chi connectivity index (χ3n) is 6.07. The Balaban J connectivity index is 1.22. The molecule has 0 saturated carbocycles. The monoisotopic (exact) mass is 490 g/mol. The molecule has 0 spiro atoms. The zero-order valence-electron chi connectivity index (χ0n) is 19.3. The Morgan fingerprint density at radius 2 is 1.88 bits per heavy atom. The summed E-state index contributed by atoms with van der Waals surface area (Å²) < 4.78 is 43.6. The zero-order valence-corrected chi connectivity index (χ0v) is 20.1. The molecule has 2 aromatic carbocycles. The van der Waals surface area contributed by atoms with Crippen LogP contribution in [0.4, 0.5) is 0 Å². The highest BCUT2D eigenvalue weighted by Crippen LogP contribution is 2.35. The van der Waals surface area contributed by atoms with E-state index >= 15 is 0 Å². The van der Waals surface area contributed by atoms with Gasteiger partial charge in [-0.05, 0) is 50.5 Å². The highest BCUT2D eigenvalue weighted by Gasteiger charge is 2.33. The number of aliphatic hydroxyl groups is 1. The van der Waals surface area contributed by atoms with Crippen molar-refractivity contribution in [3.8, 4) is 17.2 Å². The van der Waals surface area contributed by atoms with Crippen molar-refractivity contribution in [3.63, 3.8) is 0 Å². The van der Waals surface area contributed by atoms with E-state index in [1.165, 1.54) is 4.31 Å². The Morgan fingerprint density at radius 1 is 1.15 bits per heavy atom. The maximum absolute atomic E-state index is 13.0. The number of aliphatic hydroxyl groups excluding tert-OH is 1. The van der Waals surface area contributed by atoms with Crippen molar-refractivity contribution in [3.05, 3.63) is 47.5 Å². The van der Waals surface area contributed by atoms with Crippen LogP contribution in [0.5, 0.6) is 17.2 Å². The first-order valence-corrected chi connectivity index (χ1v) is 12.7. The first-order chi connectivity index (χ1) is 16.2. The van der Waals surface area contributed by atoms with Gasteiger partial charge in [0.2, 0.25) is 22.7 Å². The Bertz CT molecular complexity index is 1140. The molecule has 10 heteroatoms. The number of fused-ring (bicyclic) bond motifs is 1. The Kier molecular flexibility index (Phi) is 7.30. The zero-order chi connectivity index (χ0) is 24.3. The molecule has 0 aliphatic carbocycles. The van der Waals surface area contributed by atoms with Crippen LogP contribution in [0.25, 0.3) is 0 Å². The summed E-state index contributed by atoms with van der Waals surface area (Å²) in [6, 6.07) is 10.4. The number of hydrogen-bond donors (Lipinski definition) is 2. The summed E-state index contributed by atoms with van der Waals surface area (Å²) in [4.78, 5) is 12.9. The standard InChI is InChI=1S/C24H30N2O7S/c1-16-3-6-23(17(2)11-16)34(29,30)26-9-7-18(8-10-26)24(28)25-13-19(27)14-31-20-4-5-21-22(12-20)33-15-32-21/h3-6,11-12,18-19,27H,7-10,13-15H2,1-2H3,(H,25,28). The van der Waals surface area contributed by atoms with E-state index in [1.807, 2.05) is 13.0 Å². The smallest absolute Gasteiger partial charge is 0.243 e. The molecule has 2 N–H and O–H groups in total. The average molecular weight is 491 g/mol. The van der Waals surface area contributed by atoms with Crippen LogP contribution >= 0.6 is 0 Å². The number of sulfonamides is 1. The third kappa shape index (κ3) is 5.45. The first-order valence-electron chi connectivity index (χ1n) is 11.3. The van der Waals surface area contributed by atoms with Crippen molar-refractivity contribution in [1.29, 1.82) is 0 Å². The lowest BCUT2D eigenvalue weighted by molar-refractivity contribution is -0.126. The minimum atomic E-state index is -3.59. The van der Waals surface area contributed by atoms with E-state index in [1.54, 1.807) is 37.3 Å². The van der Waals surface area contributed by atoms with E-state index < -0.39 is 16.1 Å². The van der Waals surface area contributed by atoms with Crippen LogP contribution in [0.2, 0.25) is 0 Å². The number of nitrogens with one attached hydrogen (secondary N) is 1. The van der Waals surface area contributed by atoms with Gasteiger partial charge in [0.05, 0.1) is 4.90 Å². The summed E-state index contributed by atoms with van der Waals surface area (Å²) >= 11 is 0. The molecule has 4 rings (SSSR count). The lowest BCUT2D eigenvalue weighted by atomic mass is 9.97. The number of nitrogens with zero attached hydrogens (tertiary/aromatic N) is 1. The van der Waals surface area contributed by atoms with Gasteiger partial charge < -0.3 is 24.6 Å². The van der Waals surface area contributed by atoms with E-state index in [2.05, 4.69) is 5.32 Å². The minimum Gasteiger partial charge on any atom is -0.491 e. The molecule has 0 radical (unpaired) electrons. The largest absolute Gasteiger partial charge is 0.491 e. The lowest BCUT2D eigenvalue weighted by Crippen LogP contribution is -2.44. The van der Waals surface area contributed by atoms with Crippen LogP contribution < -0.4 is 19.5 Å². The van der Waals surface area contributed by atoms with Gasteiger partial charge in [0.15, 0.2) is 11.5 Å². The quantitative estimate of drug-likeness (QED) is 0.582. The molecule has 1 unspecified atom stereocenters. The van der Waals surface area contributed by atoms with Gasteiger partial charge in [0, 0.05) is 31.6 Å². The van der Waals surface area contributed by atoms with Gasteiger partial charge in [-0.15, -0.1) is 0 Å². The molecule has 2 aliphatic heterocycles. The number of carbonyl (C=O) groups excluding carboxylic acids is 1. The van der Waals surface area contributed by atoms with Crippen molar-refractivity contribution in [2.75, 3.05) is 33.0 Å². The molecule has 2 heterocycles. The number of piperidine rings is 1. The summed E-state index contributed by atoms with van der Waals surface area (Å²) in [6.07, 6.45) is -0.0288. The fourth-order valence-corrected chi connectivity index (χ4v) is 5.84. The summed E-state index contributed by atoms with van der Waals surface area (Å²) in [5.74, 6) is 1.28. The Morgan fingerprint density at radius 3 is 2.62 bits per heavy atom. The number of benzene rings is 2. The van der Waals surface area contributed by atoms with Gasteiger partial charge in [0.25, 0.3) is 0 Å². The third-order valence-corrected chi connectivity index (χ3v) is 8.13.